The Labute approximate surface area is 112 Å². The molecule has 2 rings (SSSR count). The lowest BCUT2D eigenvalue weighted by Gasteiger charge is -2.35. The van der Waals surface area contributed by atoms with E-state index in [0.29, 0.717) is 0 Å². The maximum absolute atomic E-state index is 11.4. The van der Waals surface area contributed by atoms with E-state index >= 15 is 0 Å². The van der Waals surface area contributed by atoms with Crippen molar-refractivity contribution in [2.75, 3.05) is 37.6 Å². The van der Waals surface area contributed by atoms with E-state index in [9.17, 15) is 4.79 Å². The van der Waals surface area contributed by atoms with Crippen LogP contribution in [0.15, 0.2) is 18.5 Å². The first kappa shape index (κ1) is 13.7. The van der Waals surface area contributed by atoms with E-state index in [1.807, 2.05) is 13.0 Å². The Hall–Kier alpha value is -1.73. The number of piperazine rings is 1. The molecule has 1 aromatic heterocycles. The summed E-state index contributed by atoms with van der Waals surface area (Å²) in [6, 6.07) is 1.81. The highest BCUT2D eigenvalue weighted by molar-refractivity contribution is 5.77. The molecule has 19 heavy (non-hydrogen) atoms. The largest absolute Gasteiger partial charge is 0.338 e. The maximum Gasteiger partial charge on any atom is 0.237 e. The number of nitrogens with one attached hydrogen (secondary N) is 1. The van der Waals surface area contributed by atoms with E-state index in [2.05, 4.69) is 25.2 Å². The number of carbonyl (C=O) groups excluding carboxylic acids is 1. The number of hydrogen-bond donors (Lipinski definition) is 2. The summed E-state index contributed by atoms with van der Waals surface area (Å²) in [5.74, 6) is 5.70. The van der Waals surface area contributed by atoms with Crippen LogP contribution in [0.2, 0.25) is 0 Å². The first-order valence-corrected chi connectivity index (χ1v) is 6.45. The first-order chi connectivity index (χ1) is 9.20. The fraction of sp³-hybridized carbons (Fsp3) is 0.583. The van der Waals surface area contributed by atoms with E-state index in [4.69, 9.17) is 5.84 Å². The fourth-order valence-corrected chi connectivity index (χ4v) is 2.20. The second-order valence-corrected chi connectivity index (χ2v) is 4.75. The average molecular weight is 264 g/mol. The number of hydrogen-bond acceptors (Lipinski definition) is 6. The highest BCUT2D eigenvalue weighted by Gasteiger charge is 2.22. The molecule has 3 N–H and O–H groups in total. The molecule has 7 nitrogen and oxygen atoms in total. The van der Waals surface area contributed by atoms with E-state index in [0.717, 1.165) is 38.7 Å². The van der Waals surface area contributed by atoms with Crippen LogP contribution in [-0.4, -0.2) is 53.5 Å². The van der Waals surface area contributed by atoms with Crippen molar-refractivity contribution in [3.05, 3.63) is 18.5 Å². The van der Waals surface area contributed by atoms with E-state index < -0.39 is 0 Å². The summed E-state index contributed by atoms with van der Waals surface area (Å²) >= 11 is 0. The van der Waals surface area contributed by atoms with Crippen LogP contribution >= 0.6 is 0 Å². The molecule has 1 aliphatic rings. The third-order valence-corrected chi connectivity index (χ3v) is 3.33. The van der Waals surface area contributed by atoms with Gasteiger partial charge in [0.05, 0.1) is 0 Å². The highest BCUT2D eigenvalue weighted by atomic mass is 16.2. The summed E-state index contributed by atoms with van der Waals surface area (Å²) in [5, 5.41) is 0. The van der Waals surface area contributed by atoms with Gasteiger partial charge in [-0.1, -0.05) is 6.92 Å². The number of carbonyl (C=O) groups is 1. The predicted octanol–water partition coefficient (Wildman–Crippen LogP) is -0.775. The molecule has 1 aromatic rings. The summed E-state index contributed by atoms with van der Waals surface area (Å²) in [5.41, 5.74) is 2.19. The molecule has 1 saturated heterocycles. The molecule has 0 spiro atoms. The molecule has 0 saturated carbocycles. The van der Waals surface area contributed by atoms with Crippen molar-refractivity contribution in [1.82, 2.24) is 20.3 Å². The van der Waals surface area contributed by atoms with Gasteiger partial charge in [0, 0.05) is 51.0 Å². The van der Waals surface area contributed by atoms with Crippen LogP contribution in [0.3, 0.4) is 0 Å². The zero-order chi connectivity index (χ0) is 13.7. The summed E-state index contributed by atoms with van der Waals surface area (Å²) in [4.78, 5) is 24.3. The number of hydrazine groups is 1. The molecule has 104 valence electrons. The Morgan fingerprint density at radius 3 is 2.58 bits per heavy atom. The molecule has 1 atom stereocenters. The molecule has 2 heterocycles. The minimum absolute atomic E-state index is 0.0930. The zero-order valence-corrected chi connectivity index (χ0v) is 11.1. The molecule has 0 aromatic carbocycles. The Morgan fingerprint density at radius 2 is 2.00 bits per heavy atom. The molecule has 0 bridgehead atoms. The first-order valence-electron chi connectivity index (χ1n) is 6.45. The highest BCUT2D eigenvalue weighted by Crippen LogP contribution is 2.10. The normalized spacial score (nSPS) is 18.1. The van der Waals surface area contributed by atoms with Gasteiger partial charge >= 0.3 is 0 Å². The van der Waals surface area contributed by atoms with Gasteiger partial charge in [0.25, 0.3) is 0 Å². The molecule has 1 fully saturated rings. The Kier molecular flexibility index (Phi) is 4.64. The molecule has 0 aliphatic carbocycles. The lowest BCUT2D eigenvalue weighted by Crippen LogP contribution is -2.49. The van der Waals surface area contributed by atoms with E-state index in [1.165, 1.54) is 0 Å². The van der Waals surface area contributed by atoms with Crippen LogP contribution in [0.25, 0.3) is 0 Å². The predicted molar refractivity (Wildman–Crippen MR) is 72.2 cm³/mol. The van der Waals surface area contributed by atoms with Gasteiger partial charge in [-0.3, -0.25) is 15.1 Å². The molecule has 1 amide bonds. The van der Waals surface area contributed by atoms with Gasteiger partial charge in [-0.2, -0.15) is 0 Å². The van der Waals surface area contributed by atoms with E-state index in [-0.39, 0.29) is 11.8 Å². The molecular weight excluding hydrogens is 244 g/mol. The molecule has 1 unspecified atom stereocenters. The quantitative estimate of drug-likeness (QED) is 0.421. The second-order valence-electron chi connectivity index (χ2n) is 4.75. The van der Waals surface area contributed by atoms with E-state index in [1.54, 1.807) is 12.4 Å². The van der Waals surface area contributed by atoms with Gasteiger partial charge < -0.3 is 4.90 Å². The monoisotopic (exact) mass is 264 g/mol. The van der Waals surface area contributed by atoms with Crippen molar-refractivity contribution in [2.45, 2.75) is 6.92 Å². The summed E-state index contributed by atoms with van der Waals surface area (Å²) in [7, 11) is 0. The van der Waals surface area contributed by atoms with Crippen LogP contribution in [0.5, 0.6) is 0 Å². The third-order valence-electron chi connectivity index (χ3n) is 3.33. The van der Waals surface area contributed by atoms with Crippen molar-refractivity contribution < 1.29 is 4.79 Å². The minimum Gasteiger partial charge on any atom is -0.338 e. The molecule has 1 aliphatic heterocycles. The maximum atomic E-state index is 11.4. The van der Waals surface area contributed by atoms with Crippen molar-refractivity contribution in [1.29, 1.82) is 0 Å². The smallest absolute Gasteiger partial charge is 0.237 e. The van der Waals surface area contributed by atoms with Crippen molar-refractivity contribution >= 4 is 11.9 Å². The number of amides is 1. The van der Waals surface area contributed by atoms with Gasteiger partial charge in [0.1, 0.15) is 0 Å². The minimum atomic E-state index is -0.117. The van der Waals surface area contributed by atoms with Gasteiger partial charge in [0.2, 0.25) is 11.9 Å². The lowest BCUT2D eigenvalue weighted by molar-refractivity contribution is -0.125. The Bertz CT molecular complexity index is 404. The SMILES string of the molecule is CC(CN1CCN(c2ncccn2)CC1)C(=O)NN. The zero-order valence-electron chi connectivity index (χ0n) is 11.1. The summed E-state index contributed by atoms with van der Waals surface area (Å²) < 4.78 is 0. The van der Waals surface area contributed by atoms with Crippen molar-refractivity contribution in [3.8, 4) is 0 Å². The van der Waals surface area contributed by atoms with Gasteiger partial charge in [-0.25, -0.2) is 15.8 Å². The molecular formula is C12H20N6O. The number of nitrogens with zero attached hydrogens (tertiary/aromatic N) is 4. The van der Waals surface area contributed by atoms with Crippen LogP contribution < -0.4 is 16.2 Å². The fourth-order valence-electron chi connectivity index (χ4n) is 2.20. The van der Waals surface area contributed by atoms with Crippen molar-refractivity contribution in [3.63, 3.8) is 0 Å². The second kappa shape index (κ2) is 6.44. The number of nitrogens with two attached hydrogens (primary N) is 1. The number of aromatic nitrogens is 2. The van der Waals surface area contributed by atoms with Gasteiger partial charge in [0.15, 0.2) is 0 Å². The Balaban J connectivity index is 1.81. The van der Waals surface area contributed by atoms with Crippen LogP contribution in [-0.2, 0) is 4.79 Å². The van der Waals surface area contributed by atoms with Gasteiger partial charge in [-0.15, -0.1) is 0 Å². The molecule has 0 radical (unpaired) electrons. The van der Waals surface area contributed by atoms with Crippen LogP contribution in [0.4, 0.5) is 5.95 Å². The lowest BCUT2D eigenvalue weighted by atomic mass is 10.1. The number of anilines is 1. The van der Waals surface area contributed by atoms with Crippen LogP contribution in [0, 0.1) is 5.92 Å². The third kappa shape index (κ3) is 3.62. The topological polar surface area (TPSA) is 87.4 Å². The van der Waals surface area contributed by atoms with Crippen molar-refractivity contribution in [2.24, 2.45) is 11.8 Å². The summed E-state index contributed by atoms with van der Waals surface area (Å²) in [6.07, 6.45) is 3.50. The standard InChI is InChI=1S/C12H20N6O/c1-10(11(19)16-13)9-17-5-7-18(8-6-17)12-14-3-2-4-15-12/h2-4,10H,5-9,13H2,1H3,(H,16,19). The Morgan fingerprint density at radius 1 is 1.37 bits per heavy atom. The summed E-state index contributed by atoms with van der Waals surface area (Å²) in [6.45, 7) is 6.17. The van der Waals surface area contributed by atoms with Crippen LogP contribution in [0.1, 0.15) is 6.92 Å². The molecule has 7 heteroatoms. The van der Waals surface area contributed by atoms with Gasteiger partial charge in [-0.05, 0) is 6.07 Å². The average Bonchev–Trinajstić information content (AvgIpc) is 2.48. The number of rotatable bonds is 4.